The Morgan fingerprint density at radius 3 is 1.19 bits per heavy atom. The third kappa shape index (κ3) is 3.91. The second-order valence-electron chi connectivity index (χ2n) is 9.28. The van der Waals surface area contributed by atoms with Crippen molar-refractivity contribution in [2.24, 2.45) is 11.5 Å². The van der Waals surface area contributed by atoms with E-state index in [1.54, 1.807) is 0 Å². The van der Waals surface area contributed by atoms with E-state index in [1.807, 2.05) is 0 Å². The Morgan fingerprint density at radius 2 is 0.806 bits per heavy atom. The Kier molecular flexibility index (Phi) is 5.90. The zero-order valence-corrected chi connectivity index (χ0v) is 20.2. The molecule has 0 amide bonds. The quantitative estimate of drug-likeness (QED) is 0.211. The van der Waals surface area contributed by atoms with Gasteiger partial charge < -0.3 is 21.4 Å². The molecule has 0 aliphatic carbocycles. The monoisotopic (exact) mass is 470 g/mol. The number of H-pyrrole nitrogens is 2. The third-order valence-corrected chi connectivity index (χ3v) is 7.10. The summed E-state index contributed by atoms with van der Waals surface area (Å²) in [6.45, 7) is 1.26. The largest absolute Gasteiger partial charge is 0.354 e. The van der Waals surface area contributed by atoms with Gasteiger partial charge in [0.2, 0.25) is 0 Å². The number of hydrogen-bond donors (Lipinski definition) is 4. The van der Waals surface area contributed by atoms with Crippen molar-refractivity contribution in [1.82, 2.24) is 9.97 Å². The van der Waals surface area contributed by atoms with Crippen LogP contribution in [0, 0.1) is 0 Å². The predicted molar refractivity (Wildman–Crippen MR) is 152 cm³/mol. The van der Waals surface area contributed by atoms with Crippen molar-refractivity contribution in [1.29, 1.82) is 0 Å². The number of nitrogens with two attached hydrogens (primary N) is 2. The maximum Gasteiger partial charge on any atom is 0.0497 e. The van der Waals surface area contributed by atoms with Crippen LogP contribution in [0.5, 0.6) is 0 Å². The molecule has 0 spiro atoms. The predicted octanol–water partition coefficient (Wildman–Crippen LogP) is 6.65. The normalized spacial score (nSPS) is 11.5. The van der Waals surface area contributed by atoms with Gasteiger partial charge in [0.05, 0.1) is 0 Å². The first-order valence-corrected chi connectivity index (χ1v) is 12.6. The van der Waals surface area contributed by atoms with Gasteiger partial charge in [-0.25, -0.2) is 0 Å². The van der Waals surface area contributed by atoms with Crippen molar-refractivity contribution in [3.8, 4) is 33.6 Å². The molecule has 0 fully saturated rings. The molecular formula is C32H30N4. The van der Waals surface area contributed by atoms with E-state index in [2.05, 4.69) is 107 Å². The molecule has 4 aromatic carbocycles. The van der Waals surface area contributed by atoms with Crippen LogP contribution < -0.4 is 11.5 Å². The van der Waals surface area contributed by atoms with Crippen LogP contribution in [0.15, 0.2) is 97.1 Å². The summed E-state index contributed by atoms with van der Waals surface area (Å²) in [5.74, 6) is 0. The molecule has 0 saturated heterocycles. The summed E-state index contributed by atoms with van der Waals surface area (Å²) < 4.78 is 0. The molecular weight excluding hydrogens is 440 g/mol. The van der Waals surface area contributed by atoms with E-state index >= 15 is 0 Å². The van der Waals surface area contributed by atoms with E-state index in [9.17, 15) is 0 Å². The molecule has 0 radical (unpaired) electrons. The summed E-state index contributed by atoms with van der Waals surface area (Å²) in [4.78, 5) is 7.22. The zero-order chi connectivity index (χ0) is 24.5. The molecule has 2 heterocycles. The molecule has 36 heavy (non-hydrogen) atoms. The van der Waals surface area contributed by atoms with Gasteiger partial charge in [-0.1, -0.05) is 84.9 Å². The molecule has 0 aliphatic heterocycles. The van der Waals surface area contributed by atoms with E-state index in [0.717, 1.165) is 35.3 Å². The van der Waals surface area contributed by atoms with Gasteiger partial charge in [-0.3, -0.25) is 0 Å². The number of aromatic amines is 2. The van der Waals surface area contributed by atoms with Crippen LogP contribution >= 0.6 is 0 Å². The van der Waals surface area contributed by atoms with Gasteiger partial charge in [-0.05, 0) is 71.4 Å². The Morgan fingerprint density at radius 1 is 0.444 bits per heavy atom. The van der Waals surface area contributed by atoms with Gasteiger partial charge >= 0.3 is 0 Å². The van der Waals surface area contributed by atoms with E-state index in [4.69, 9.17) is 11.5 Å². The molecule has 0 bridgehead atoms. The molecule has 4 heteroatoms. The van der Waals surface area contributed by atoms with Crippen molar-refractivity contribution in [3.05, 3.63) is 108 Å². The number of para-hydroxylation sites is 2. The van der Waals surface area contributed by atoms with Crippen molar-refractivity contribution in [3.63, 3.8) is 0 Å². The van der Waals surface area contributed by atoms with Gasteiger partial charge in [0.25, 0.3) is 0 Å². The Labute approximate surface area is 211 Å². The second kappa shape index (κ2) is 9.50. The first-order valence-electron chi connectivity index (χ1n) is 12.6. The highest BCUT2D eigenvalue weighted by Crippen LogP contribution is 2.34. The van der Waals surface area contributed by atoms with Crippen LogP contribution in [0.1, 0.15) is 11.1 Å². The highest BCUT2D eigenvalue weighted by molar-refractivity contribution is 5.92. The Balaban J connectivity index is 1.32. The maximum absolute atomic E-state index is 5.94. The van der Waals surface area contributed by atoms with Crippen molar-refractivity contribution in [2.75, 3.05) is 13.1 Å². The van der Waals surface area contributed by atoms with Crippen LogP contribution in [0.3, 0.4) is 0 Å². The lowest BCUT2D eigenvalue weighted by molar-refractivity contribution is 0.978. The van der Waals surface area contributed by atoms with Crippen LogP contribution in [-0.2, 0) is 12.8 Å². The molecule has 4 nitrogen and oxygen atoms in total. The van der Waals surface area contributed by atoms with Crippen molar-refractivity contribution >= 4 is 21.8 Å². The highest BCUT2D eigenvalue weighted by Gasteiger charge is 2.14. The molecule has 178 valence electrons. The molecule has 6 rings (SSSR count). The minimum Gasteiger partial charge on any atom is -0.354 e. The van der Waals surface area contributed by atoms with Crippen LogP contribution in [0.4, 0.5) is 0 Å². The lowest BCUT2D eigenvalue weighted by Gasteiger charge is -2.08. The minimum absolute atomic E-state index is 0.628. The van der Waals surface area contributed by atoms with Crippen molar-refractivity contribution in [2.45, 2.75) is 12.8 Å². The van der Waals surface area contributed by atoms with E-state index in [1.165, 1.54) is 44.2 Å². The van der Waals surface area contributed by atoms with Gasteiger partial charge in [0, 0.05) is 33.2 Å². The molecule has 2 aromatic heterocycles. The van der Waals surface area contributed by atoms with Gasteiger partial charge in [-0.2, -0.15) is 0 Å². The van der Waals surface area contributed by atoms with E-state index in [0.29, 0.717) is 13.1 Å². The van der Waals surface area contributed by atoms with Crippen LogP contribution in [0.2, 0.25) is 0 Å². The number of fused-ring (bicyclic) bond motifs is 2. The first-order chi connectivity index (χ1) is 17.8. The average Bonchev–Trinajstić information content (AvgIpc) is 3.48. The fourth-order valence-electron chi connectivity index (χ4n) is 5.36. The first kappa shape index (κ1) is 22.4. The molecule has 6 N–H and O–H groups in total. The minimum atomic E-state index is 0.628. The summed E-state index contributed by atoms with van der Waals surface area (Å²) >= 11 is 0. The lowest BCUT2D eigenvalue weighted by atomic mass is 9.97. The van der Waals surface area contributed by atoms with Crippen molar-refractivity contribution < 1.29 is 0 Å². The number of nitrogens with one attached hydrogen (secondary N) is 2. The third-order valence-electron chi connectivity index (χ3n) is 7.10. The fraction of sp³-hybridized carbons (Fsp3) is 0.125. The molecule has 0 unspecified atom stereocenters. The molecule has 0 atom stereocenters. The Hall–Kier alpha value is -4.12. The smallest absolute Gasteiger partial charge is 0.0497 e. The average molecular weight is 471 g/mol. The standard InChI is InChI=1S/C32H30N4/c33-19-17-27-25-5-1-3-7-29(25)35-31(27)23-13-9-21(10-14-23)22-11-15-24(16-12-22)32-28(18-20-34)26-6-2-4-8-30(26)36-32/h1-16,35-36H,17-20,33-34H2. The van der Waals surface area contributed by atoms with Crippen LogP contribution in [0.25, 0.3) is 55.4 Å². The number of benzene rings is 4. The zero-order valence-electron chi connectivity index (χ0n) is 20.2. The highest BCUT2D eigenvalue weighted by atomic mass is 14.7. The Bertz CT molecular complexity index is 1510. The summed E-state index contributed by atoms with van der Waals surface area (Å²) in [5, 5.41) is 2.51. The van der Waals surface area contributed by atoms with Gasteiger partial charge in [0.1, 0.15) is 0 Å². The molecule has 0 aliphatic rings. The molecule has 0 saturated carbocycles. The lowest BCUT2D eigenvalue weighted by Crippen LogP contribution is -2.03. The van der Waals surface area contributed by atoms with Gasteiger partial charge in [0.15, 0.2) is 0 Å². The number of aromatic nitrogens is 2. The number of rotatable bonds is 7. The number of hydrogen-bond acceptors (Lipinski definition) is 2. The SMILES string of the molecule is NCCc1c(-c2ccc(-c3ccc(-c4[nH]c5ccccc5c4CCN)cc3)cc2)[nH]c2ccccc12. The van der Waals surface area contributed by atoms with Crippen LogP contribution in [-0.4, -0.2) is 23.1 Å². The fourth-order valence-corrected chi connectivity index (χ4v) is 5.36. The second-order valence-corrected chi connectivity index (χ2v) is 9.28. The summed E-state index contributed by atoms with van der Waals surface area (Å²) in [5.41, 5.74) is 23.8. The van der Waals surface area contributed by atoms with E-state index < -0.39 is 0 Å². The van der Waals surface area contributed by atoms with E-state index in [-0.39, 0.29) is 0 Å². The summed E-state index contributed by atoms with van der Waals surface area (Å²) in [7, 11) is 0. The van der Waals surface area contributed by atoms with Gasteiger partial charge in [-0.15, -0.1) is 0 Å². The topological polar surface area (TPSA) is 83.6 Å². The maximum atomic E-state index is 5.94. The summed E-state index contributed by atoms with van der Waals surface area (Å²) in [6, 6.07) is 34.5. The molecule has 6 aromatic rings. The summed E-state index contributed by atoms with van der Waals surface area (Å²) in [6.07, 6.45) is 1.70.